The summed E-state index contributed by atoms with van der Waals surface area (Å²) in [6.07, 6.45) is 1.95. The van der Waals surface area contributed by atoms with Crippen LogP contribution in [-0.4, -0.2) is 24.0 Å². The standard InChI is InChI=1S/C31H23FN2O3S/c1-37-27-16-15-22(23(19-27)17-21-9-8-10-24(32)18-21)20-28-29(35)33(25-11-4-2-5-12-25)31(38)34(30(28)36)26-13-6-3-7-14-26/h2-16,18-20H,17H2,1H3. The fourth-order valence-corrected chi connectivity index (χ4v) is 4.74. The highest BCUT2D eigenvalue weighted by Crippen LogP contribution is 2.31. The molecule has 0 radical (unpaired) electrons. The zero-order valence-corrected chi connectivity index (χ0v) is 21.3. The van der Waals surface area contributed by atoms with Crippen LogP contribution < -0.4 is 14.5 Å². The number of hydrogen-bond acceptors (Lipinski definition) is 4. The number of ether oxygens (including phenoxy) is 1. The lowest BCUT2D eigenvalue weighted by Crippen LogP contribution is -2.56. The van der Waals surface area contributed by atoms with Crippen molar-refractivity contribution in [2.45, 2.75) is 6.42 Å². The summed E-state index contributed by atoms with van der Waals surface area (Å²) in [6.45, 7) is 0. The average Bonchev–Trinajstić information content (AvgIpc) is 2.93. The number of methoxy groups -OCH3 is 1. The molecule has 1 fully saturated rings. The molecule has 0 N–H and O–H groups in total. The Bertz CT molecular complexity index is 1490. The number of halogens is 1. The van der Waals surface area contributed by atoms with Crippen molar-refractivity contribution in [3.63, 3.8) is 0 Å². The fourth-order valence-electron chi connectivity index (χ4n) is 4.36. The largest absolute Gasteiger partial charge is 0.497 e. The highest BCUT2D eigenvalue weighted by Gasteiger charge is 2.41. The first-order chi connectivity index (χ1) is 18.5. The van der Waals surface area contributed by atoms with Crippen molar-refractivity contribution in [2.24, 2.45) is 0 Å². The Labute approximate surface area is 225 Å². The molecule has 7 heteroatoms. The minimum absolute atomic E-state index is 0.0445. The van der Waals surface area contributed by atoms with E-state index in [0.29, 0.717) is 29.1 Å². The molecule has 2 amide bonds. The molecule has 38 heavy (non-hydrogen) atoms. The van der Waals surface area contributed by atoms with Gasteiger partial charge in [0.2, 0.25) is 0 Å². The molecule has 4 aromatic carbocycles. The van der Waals surface area contributed by atoms with Crippen LogP contribution in [0.2, 0.25) is 0 Å². The topological polar surface area (TPSA) is 49.9 Å². The number of thiocarbonyl (C=S) groups is 1. The third-order valence-corrected chi connectivity index (χ3v) is 6.58. The number of para-hydroxylation sites is 2. The molecular weight excluding hydrogens is 499 g/mol. The second-order valence-electron chi connectivity index (χ2n) is 8.66. The van der Waals surface area contributed by atoms with Gasteiger partial charge in [0.15, 0.2) is 5.11 Å². The van der Waals surface area contributed by atoms with E-state index in [9.17, 15) is 14.0 Å². The maximum atomic E-state index is 13.9. The Balaban J connectivity index is 1.64. The van der Waals surface area contributed by atoms with E-state index >= 15 is 0 Å². The number of nitrogens with zero attached hydrogens (tertiary/aromatic N) is 2. The number of hydrogen-bond donors (Lipinski definition) is 0. The van der Waals surface area contributed by atoms with Crippen molar-refractivity contribution in [3.8, 4) is 5.75 Å². The lowest BCUT2D eigenvalue weighted by molar-refractivity contribution is -0.120. The van der Waals surface area contributed by atoms with Gasteiger partial charge in [0.05, 0.1) is 18.5 Å². The number of anilines is 2. The summed E-state index contributed by atoms with van der Waals surface area (Å²) in [5.41, 5.74) is 3.22. The second-order valence-corrected chi connectivity index (χ2v) is 9.03. The molecule has 0 aromatic heterocycles. The normalized spacial score (nSPS) is 13.6. The predicted octanol–water partition coefficient (Wildman–Crippen LogP) is 6.17. The van der Waals surface area contributed by atoms with Crippen molar-refractivity contribution in [2.75, 3.05) is 16.9 Å². The monoisotopic (exact) mass is 522 g/mol. The molecule has 1 aliphatic rings. The molecule has 4 aromatic rings. The van der Waals surface area contributed by atoms with Gasteiger partial charge in [0, 0.05) is 0 Å². The van der Waals surface area contributed by atoms with Gasteiger partial charge in [-0.05, 0) is 89.9 Å². The van der Waals surface area contributed by atoms with Crippen molar-refractivity contribution < 1.29 is 18.7 Å². The lowest BCUT2D eigenvalue weighted by Gasteiger charge is -2.36. The third kappa shape index (κ3) is 4.96. The Hall–Kier alpha value is -4.62. The first-order valence-electron chi connectivity index (χ1n) is 11.9. The summed E-state index contributed by atoms with van der Waals surface area (Å²) in [6, 6.07) is 29.6. The van der Waals surface area contributed by atoms with Crippen molar-refractivity contribution >= 4 is 46.6 Å². The van der Waals surface area contributed by atoms with E-state index in [1.807, 2.05) is 24.3 Å². The summed E-state index contributed by atoms with van der Waals surface area (Å²) in [5, 5.41) is 0.0734. The average molecular weight is 523 g/mol. The Morgan fingerprint density at radius 3 is 1.95 bits per heavy atom. The van der Waals surface area contributed by atoms with E-state index in [1.165, 1.54) is 21.9 Å². The molecule has 0 atom stereocenters. The SMILES string of the molecule is COc1ccc(C=C2C(=O)N(c3ccccc3)C(=S)N(c3ccccc3)C2=O)c(Cc2cccc(F)c2)c1. The number of rotatable bonds is 6. The van der Waals surface area contributed by atoms with Gasteiger partial charge in [-0.25, -0.2) is 4.39 Å². The highest BCUT2D eigenvalue weighted by molar-refractivity contribution is 7.81. The Kier molecular flexibility index (Phi) is 7.11. The number of benzene rings is 4. The van der Waals surface area contributed by atoms with Crippen LogP contribution in [0.1, 0.15) is 16.7 Å². The smallest absolute Gasteiger partial charge is 0.270 e. The molecule has 1 saturated heterocycles. The zero-order chi connectivity index (χ0) is 26.6. The van der Waals surface area contributed by atoms with Crippen LogP contribution in [0.15, 0.2) is 109 Å². The predicted molar refractivity (Wildman–Crippen MR) is 151 cm³/mol. The molecule has 1 aliphatic heterocycles. The molecule has 0 unspecified atom stereocenters. The van der Waals surface area contributed by atoms with Crippen LogP contribution in [0.3, 0.4) is 0 Å². The molecule has 1 heterocycles. The van der Waals surface area contributed by atoms with Crippen molar-refractivity contribution in [1.29, 1.82) is 0 Å². The van der Waals surface area contributed by atoms with Crippen molar-refractivity contribution in [1.82, 2.24) is 0 Å². The summed E-state index contributed by atoms with van der Waals surface area (Å²) in [7, 11) is 1.56. The van der Waals surface area contributed by atoms with Crippen LogP contribution in [-0.2, 0) is 16.0 Å². The maximum Gasteiger partial charge on any atom is 0.270 e. The van der Waals surface area contributed by atoms with Gasteiger partial charge in [0.25, 0.3) is 11.8 Å². The van der Waals surface area contributed by atoms with Gasteiger partial charge >= 0.3 is 0 Å². The van der Waals surface area contributed by atoms with Gasteiger partial charge in [-0.3, -0.25) is 19.4 Å². The van der Waals surface area contributed by atoms with Crippen LogP contribution in [0.25, 0.3) is 6.08 Å². The summed E-state index contributed by atoms with van der Waals surface area (Å²) >= 11 is 5.67. The molecule has 0 bridgehead atoms. The Morgan fingerprint density at radius 2 is 1.39 bits per heavy atom. The highest BCUT2D eigenvalue weighted by atomic mass is 32.1. The molecule has 0 saturated carbocycles. The van der Waals surface area contributed by atoms with Gasteiger partial charge in [0.1, 0.15) is 17.1 Å². The van der Waals surface area contributed by atoms with Crippen LogP contribution >= 0.6 is 12.2 Å². The minimum Gasteiger partial charge on any atom is -0.497 e. The quantitative estimate of drug-likeness (QED) is 0.173. The van der Waals surface area contributed by atoms with Gasteiger partial charge < -0.3 is 4.74 Å². The third-order valence-electron chi connectivity index (χ3n) is 6.21. The first-order valence-corrected chi connectivity index (χ1v) is 12.3. The number of carbonyl (C=O) groups is 2. The van der Waals surface area contributed by atoms with Crippen molar-refractivity contribution in [3.05, 3.63) is 131 Å². The van der Waals surface area contributed by atoms with Crippen LogP contribution in [0.4, 0.5) is 15.8 Å². The number of carbonyl (C=O) groups excluding carboxylic acids is 2. The molecule has 188 valence electrons. The van der Waals surface area contributed by atoms with Gasteiger partial charge in [-0.2, -0.15) is 0 Å². The lowest BCUT2D eigenvalue weighted by atomic mass is 9.96. The minimum atomic E-state index is -0.522. The first kappa shape index (κ1) is 25.0. The summed E-state index contributed by atoms with van der Waals surface area (Å²) < 4.78 is 19.3. The van der Waals surface area contributed by atoms with E-state index in [0.717, 1.165) is 11.1 Å². The van der Waals surface area contributed by atoms with Gasteiger partial charge in [-0.1, -0.05) is 54.6 Å². The van der Waals surface area contributed by atoms with Gasteiger partial charge in [-0.15, -0.1) is 0 Å². The Morgan fingerprint density at radius 1 is 0.789 bits per heavy atom. The molecule has 5 rings (SSSR count). The van der Waals surface area contributed by atoms with E-state index in [4.69, 9.17) is 17.0 Å². The fraction of sp³-hybridized carbons (Fsp3) is 0.0645. The van der Waals surface area contributed by atoms with Crippen LogP contribution in [0.5, 0.6) is 5.75 Å². The summed E-state index contributed by atoms with van der Waals surface area (Å²) in [5.74, 6) is -0.775. The summed E-state index contributed by atoms with van der Waals surface area (Å²) in [4.78, 5) is 30.4. The number of amides is 2. The second kappa shape index (κ2) is 10.8. The van der Waals surface area contributed by atoms with E-state index in [2.05, 4.69) is 0 Å². The van der Waals surface area contributed by atoms with E-state index < -0.39 is 11.8 Å². The zero-order valence-electron chi connectivity index (χ0n) is 20.5. The molecule has 0 aliphatic carbocycles. The molecular formula is C31H23FN2O3S. The van der Waals surface area contributed by atoms with E-state index in [-0.39, 0.29) is 16.5 Å². The maximum absolute atomic E-state index is 13.9. The molecule has 0 spiro atoms. The van der Waals surface area contributed by atoms with Crippen LogP contribution in [0, 0.1) is 5.82 Å². The molecule has 5 nitrogen and oxygen atoms in total. The van der Waals surface area contributed by atoms with E-state index in [1.54, 1.807) is 79.9 Å².